The van der Waals surface area contributed by atoms with Crippen LogP contribution in [0.5, 0.6) is 0 Å². The molecule has 6 aromatic carbocycles. The maximum Gasteiger partial charge on any atom is 0.416 e. The maximum absolute atomic E-state index is 15.3. The molecule has 2 aliphatic rings. The van der Waals surface area contributed by atoms with Crippen molar-refractivity contribution in [3.05, 3.63) is 233 Å². The highest BCUT2D eigenvalue weighted by Crippen LogP contribution is 2.36. The van der Waals surface area contributed by atoms with Crippen LogP contribution in [0.25, 0.3) is 22.3 Å². The Labute approximate surface area is 603 Å². The van der Waals surface area contributed by atoms with Gasteiger partial charge in [0, 0.05) is 89.5 Å². The van der Waals surface area contributed by atoms with Crippen molar-refractivity contribution < 1.29 is 89.9 Å². The summed E-state index contributed by atoms with van der Waals surface area (Å²) in [5, 5.41) is -1.51. The van der Waals surface area contributed by atoms with E-state index >= 15 is 4.79 Å². The summed E-state index contributed by atoms with van der Waals surface area (Å²) in [6, 6.07) is 0.0879. The SMILES string of the molecule is [2H]C([2H])(c1ccc(-c2ccc(C(F)(F)F)cc2)cc1)N(C(=O)C([2H])([2H])n1c(SCc2ccc(F)cc2)nc(=O)c2c1CCC2)C([2H])([2H])C([2H])([2H])N(CC)CC.[2H]c1c([2H])c(CSc2nc(=O)c3c(n2C([2H])([2H])C(=O)N(CCN(C([2H])([2H])C)C([2H])([2H])C)C([2H])([2H])c2c([2H])c([2H])c(-c4c([2H])c([2H])c(C(F)(F)F)c(C)c4[2H])c([2H])c2[2H])C([2H])([2H])C([2H])([2H])C3([2H])[2H])c([2H])c([2H])c1F. The van der Waals surface area contributed by atoms with Gasteiger partial charge in [0.15, 0.2) is 10.3 Å². The van der Waals surface area contributed by atoms with E-state index in [1.165, 1.54) is 62.4 Å². The van der Waals surface area contributed by atoms with Crippen LogP contribution in [0, 0.1) is 18.6 Å². The lowest BCUT2D eigenvalue weighted by molar-refractivity contribution is -0.138. The van der Waals surface area contributed by atoms with E-state index in [9.17, 15) is 60.5 Å². The van der Waals surface area contributed by atoms with Gasteiger partial charge in [-0.25, -0.2) is 8.78 Å². The van der Waals surface area contributed by atoms with Crippen LogP contribution < -0.4 is 11.1 Å². The Balaban J connectivity index is 0.000000300. The fourth-order valence-electron chi connectivity index (χ4n) is 9.02. The predicted octanol–water partition coefficient (Wildman–Crippen LogP) is 14.7. The molecule has 2 aliphatic carbocycles. The second kappa shape index (κ2) is 32.7. The summed E-state index contributed by atoms with van der Waals surface area (Å²) in [6.45, 7) is -24.4. The summed E-state index contributed by atoms with van der Waals surface area (Å²) >= 11 is 0.875. The lowest BCUT2D eigenvalue weighted by Gasteiger charge is -2.28. The summed E-state index contributed by atoms with van der Waals surface area (Å²) in [5.74, 6) is -7.18. The lowest BCUT2D eigenvalue weighted by Crippen LogP contribution is -2.40. The zero-order chi connectivity index (χ0) is 97.3. The molecule has 10 rings (SSSR count). The Morgan fingerprint density at radius 3 is 1.72 bits per heavy atom. The Morgan fingerprint density at radius 2 is 1.12 bits per heavy atom. The highest BCUT2D eigenvalue weighted by Gasteiger charge is 2.33. The van der Waals surface area contributed by atoms with Crippen molar-refractivity contribution in [2.45, 2.75) is 133 Å². The highest BCUT2D eigenvalue weighted by atomic mass is 32.2. The van der Waals surface area contributed by atoms with Gasteiger partial charge in [0.05, 0.1) is 39.9 Å². The molecule has 0 saturated heterocycles. The van der Waals surface area contributed by atoms with Crippen molar-refractivity contribution in [3.8, 4) is 22.3 Å². The second-order valence-corrected chi connectivity index (χ2v) is 22.0. The molecule has 502 valence electrons. The molecule has 8 aromatic rings. The van der Waals surface area contributed by atoms with E-state index in [1.54, 1.807) is 0 Å². The molecule has 0 atom stereocenters. The van der Waals surface area contributed by atoms with Crippen molar-refractivity contribution in [2.24, 2.45) is 0 Å². The molecular formula is C73H78F8N8O4S2. The van der Waals surface area contributed by atoms with Crippen LogP contribution in [0.3, 0.4) is 0 Å². The van der Waals surface area contributed by atoms with Crippen LogP contribution in [0.2, 0.25) is 0 Å². The summed E-state index contributed by atoms with van der Waals surface area (Å²) < 4.78 is 399. The van der Waals surface area contributed by atoms with Crippen molar-refractivity contribution in [3.63, 3.8) is 0 Å². The first-order valence-corrected chi connectivity index (χ1v) is 30.6. The number of hydrogen-bond acceptors (Lipinski definition) is 10. The lowest BCUT2D eigenvalue weighted by atomic mass is 9.98. The number of carbonyl (C=O) groups is 2. The highest BCUT2D eigenvalue weighted by molar-refractivity contribution is 7.98. The molecule has 2 aromatic heterocycles. The molecule has 12 nitrogen and oxygen atoms in total. The molecule has 0 radical (unpaired) electrons. The zero-order valence-corrected chi connectivity index (χ0v) is 52.5. The Kier molecular flexibility index (Phi) is 13.5. The van der Waals surface area contributed by atoms with Crippen molar-refractivity contribution in [2.75, 3.05) is 52.2 Å². The van der Waals surface area contributed by atoms with E-state index in [0.717, 1.165) is 66.3 Å². The number of alkyl halides is 6. The first-order chi connectivity index (χ1) is 58.3. The number of fused-ring (bicyclic) bond motifs is 2. The largest absolute Gasteiger partial charge is 0.416 e. The van der Waals surface area contributed by atoms with Gasteiger partial charge in [-0.05, 0) is 164 Å². The Morgan fingerprint density at radius 1 is 0.568 bits per heavy atom. The van der Waals surface area contributed by atoms with Gasteiger partial charge < -0.3 is 28.7 Å². The van der Waals surface area contributed by atoms with Gasteiger partial charge in [0.1, 0.15) is 24.6 Å². The van der Waals surface area contributed by atoms with Gasteiger partial charge in [-0.2, -0.15) is 36.3 Å². The van der Waals surface area contributed by atoms with Crippen LogP contribution in [0.1, 0.15) is 147 Å². The normalized spacial score (nSPS) is 20.7. The third-order valence-electron chi connectivity index (χ3n) is 13.9. The molecule has 95 heavy (non-hydrogen) atoms. The topological polar surface area (TPSA) is 117 Å². The predicted molar refractivity (Wildman–Crippen MR) is 358 cm³/mol. The van der Waals surface area contributed by atoms with Gasteiger partial charge in [0.2, 0.25) is 11.8 Å². The molecule has 0 bridgehead atoms. The van der Waals surface area contributed by atoms with Crippen LogP contribution in [0.4, 0.5) is 35.1 Å². The average molecular weight is 1380 g/mol. The maximum atomic E-state index is 15.3. The van der Waals surface area contributed by atoms with Crippen molar-refractivity contribution in [1.82, 2.24) is 38.7 Å². The quantitative estimate of drug-likeness (QED) is 0.0295. The van der Waals surface area contributed by atoms with E-state index in [-0.39, 0.29) is 79.8 Å². The van der Waals surface area contributed by atoms with Crippen LogP contribution >= 0.6 is 23.5 Å². The van der Waals surface area contributed by atoms with Crippen LogP contribution in [0.15, 0.2) is 159 Å². The van der Waals surface area contributed by atoms with E-state index in [2.05, 4.69) is 9.97 Å². The molecule has 0 N–H and O–H groups in total. The number of nitrogens with zero attached hydrogens (tertiary/aromatic N) is 8. The van der Waals surface area contributed by atoms with E-state index in [0.29, 0.717) is 28.0 Å². The molecule has 0 fully saturated rings. The number of rotatable bonds is 26. The number of likely N-dealkylation sites (N-methyl/N-ethyl adjacent to an activating group) is 2. The third kappa shape index (κ3) is 19.0. The van der Waals surface area contributed by atoms with E-state index in [1.807, 2.05) is 0 Å². The summed E-state index contributed by atoms with van der Waals surface area (Å²) in [4.78, 5) is 65.6. The molecule has 2 heterocycles. The number of thioether (sulfide) groups is 2. The minimum absolute atomic E-state index is 0.0158. The number of carbonyl (C=O) groups excluding carboxylic acids is 2. The minimum atomic E-state index is -5.30. The average Bonchev–Trinajstić information content (AvgIpc) is 1.53. The van der Waals surface area contributed by atoms with Gasteiger partial charge >= 0.3 is 12.4 Å². The molecule has 0 aliphatic heterocycles. The smallest absolute Gasteiger partial charge is 0.336 e. The molecule has 0 spiro atoms. The number of hydrogen-bond donors (Lipinski definition) is 0. The van der Waals surface area contributed by atoms with Gasteiger partial charge in [-0.15, -0.1) is 0 Å². The van der Waals surface area contributed by atoms with Gasteiger partial charge in [0.25, 0.3) is 11.1 Å². The molecule has 2 amide bonds. The third-order valence-corrected chi connectivity index (χ3v) is 15.9. The van der Waals surface area contributed by atoms with Gasteiger partial charge in [-0.1, -0.05) is 148 Å². The fraction of sp³-hybridized carbons (Fsp3) is 0.370. The van der Waals surface area contributed by atoms with E-state index < -0.39 is 259 Å². The molecule has 22 heteroatoms. The Bertz CT molecular complexity index is 5700. The standard InChI is InChI=1S/C37H40F4N4O2S.C36H38F4N4O2S/c1-4-43(5-2)19-20-44(22-26-9-13-28(14-10-26)29-15-18-32(25(3)21-29)37(39,40)41)34(46)23-45-33-8-6-7-31(33)35(47)42-36(45)48-24-27-11-16-30(38)17-12-27;1-3-42(4-2)20-21-43(22-25-8-12-27(13-9-25)28-14-16-29(17-15-28)36(38,39)40)33(45)23-44-32-7-5-6-31(32)34(46)41-35(44)47-24-26-10-18-30(37)19-11-26/h9-18,21H,4-8,19-20,22-24H2,1-3H3;8-19H,3-7,20-24H2,1-2H3/i4D2,5D2,6D2,7D2,8D2,9D,10D,11D,12D,13D,14D,15D,16D,17D,18D,21D,22D2,23D2;20D2,21D2,22D2,23D2. The van der Waals surface area contributed by atoms with Gasteiger partial charge in [-0.3, -0.25) is 19.2 Å². The molecule has 0 unspecified atom stereocenters. The fourth-order valence-corrected chi connectivity index (χ4v) is 10.8. The minimum Gasteiger partial charge on any atom is -0.336 e. The van der Waals surface area contributed by atoms with Crippen LogP contribution in [-0.2, 0) is 85.0 Å². The van der Waals surface area contributed by atoms with Crippen molar-refractivity contribution in [1.29, 1.82) is 0 Å². The number of amides is 2. The number of halogens is 8. The number of aromatic nitrogens is 4. The second-order valence-electron chi connectivity index (χ2n) is 20.1. The first-order valence-electron chi connectivity index (χ1n) is 45.1. The zero-order valence-electron chi connectivity index (χ0n) is 83.8. The van der Waals surface area contributed by atoms with Crippen LogP contribution in [-0.4, -0.2) is 103 Å². The summed E-state index contributed by atoms with van der Waals surface area (Å²) in [7, 11) is 0. The summed E-state index contributed by atoms with van der Waals surface area (Å²) in [5.41, 5.74) is -12.4. The summed E-state index contributed by atoms with van der Waals surface area (Å²) in [6.07, 6.45) is -20.6. The monoisotopic (exact) mass is 1380 g/mol. The number of benzene rings is 6. The molecule has 0 saturated carbocycles. The van der Waals surface area contributed by atoms with Crippen molar-refractivity contribution >= 4 is 35.3 Å². The van der Waals surface area contributed by atoms with E-state index in [4.69, 9.17) is 34.3 Å². The first kappa shape index (κ1) is 39.3. The Hall–Kier alpha value is -7.92. The molecular weight excluding hydrogens is 1270 g/mol.